The van der Waals surface area contributed by atoms with Gasteiger partial charge in [-0.2, -0.15) is 5.26 Å². The number of nitriles is 1. The molecule has 1 N–H and O–H groups in total. The van der Waals surface area contributed by atoms with E-state index in [4.69, 9.17) is 4.42 Å². The van der Waals surface area contributed by atoms with Gasteiger partial charge in [-0.25, -0.2) is 4.98 Å². The molecule has 0 aliphatic heterocycles. The van der Waals surface area contributed by atoms with Gasteiger partial charge in [0.25, 0.3) is 0 Å². The van der Waals surface area contributed by atoms with E-state index in [1.807, 2.05) is 28.2 Å². The van der Waals surface area contributed by atoms with Gasteiger partial charge in [0.05, 0.1) is 6.04 Å². The number of rotatable bonds is 8. The van der Waals surface area contributed by atoms with Crippen molar-refractivity contribution < 1.29 is 4.42 Å². The minimum atomic E-state index is 0.149. The predicted molar refractivity (Wildman–Crippen MR) is 105 cm³/mol. The van der Waals surface area contributed by atoms with Crippen LogP contribution in [0.1, 0.15) is 37.0 Å². The first-order valence-corrected chi connectivity index (χ1v) is 8.89. The van der Waals surface area contributed by atoms with Gasteiger partial charge in [0, 0.05) is 32.7 Å². The summed E-state index contributed by atoms with van der Waals surface area (Å²) in [7, 11) is 8.15. The van der Waals surface area contributed by atoms with Gasteiger partial charge >= 0.3 is 0 Å². The van der Waals surface area contributed by atoms with E-state index in [1.165, 1.54) is 11.3 Å². The monoisotopic (exact) mass is 355 g/mol. The number of likely N-dealkylation sites (N-methyl/N-ethyl adjacent to an activating group) is 1. The van der Waals surface area contributed by atoms with Crippen molar-refractivity contribution in [2.24, 2.45) is 5.92 Å². The van der Waals surface area contributed by atoms with Crippen molar-refractivity contribution in [2.45, 2.75) is 26.3 Å². The van der Waals surface area contributed by atoms with Crippen molar-refractivity contribution in [3.63, 3.8) is 0 Å². The molecule has 1 atom stereocenters. The van der Waals surface area contributed by atoms with E-state index < -0.39 is 0 Å². The molecule has 2 aromatic rings. The van der Waals surface area contributed by atoms with Gasteiger partial charge in [-0.05, 0) is 37.7 Å². The number of benzene rings is 1. The molecular weight excluding hydrogens is 326 g/mol. The molecule has 1 aromatic heterocycles. The average Bonchev–Trinajstić information content (AvgIpc) is 2.96. The molecule has 6 heteroatoms. The van der Waals surface area contributed by atoms with E-state index in [2.05, 4.69) is 64.3 Å². The minimum absolute atomic E-state index is 0.149. The van der Waals surface area contributed by atoms with Gasteiger partial charge in [-0.1, -0.05) is 26.0 Å². The van der Waals surface area contributed by atoms with E-state index >= 15 is 0 Å². The molecule has 0 amide bonds. The lowest BCUT2D eigenvalue weighted by Crippen LogP contribution is -2.27. The molecule has 0 aliphatic carbocycles. The maximum Gasteiger partial charge on any atom is 0.232 e. The third-order valence-corrected chi connectivity index (χ3v) is 4.23. The Bertz CT molecular complexity index is 741. The number of hydrogen-bond acceptors (Lipinski definition) is 6. The SMILES string of the molecule is CC(C)Cc1nc(C#N)c(NC[C@H](c2ccc(N(C)C)cc2)N(C)C)o1. The zero-order chi connectivity index (χ0) is 19.3. The van der Waals surface area contributed by atoms with Gasteiger partial charge in [0.15, 0.2) is 5.89 Å². The van der Waals surface area contributed by atoms with Crippen LogP contribution in [0.25, 0.3) is 0 Å². The van der Waals surface area contributed by atoms with Crippen LogP contribution in [0.15, 0.2) is 28.7 Å². The Morgan fingerprint density at radius 1 is 1.15 bits per heavy atom. The highest BCUT2D eigenvalue weighted by Gasteiger charge is 2.18. The van der Waals surface area contributed by atoms with Gasteiger partial charge in [0.2, 0.25) is 11.6 Å². The van der Waals surface area contributed by atoms with E-state index in [1.54, 1.807) is 0 Å². The van der Waals surface area contributed by atoms with Gasteiger partial charge in [-0.3, -0.25) is 0 Å². The first kappa shape index (κ1) is 19.8. The summed E-state index contributed by atoms with van der Waals surface area (Å²) in [6, 6.07) is 10.8. The number of oxazole rings is 1. The fourth-order valence-electron chi connectivity index (χ4n) is 2.78. The third kappa shape index (κ3) is 4.99. The van der Waals surface area contributed by atoms with Crippen LogP contribution in [-0.4, -0.2) is 44.6 Å². The summed E-state index contributed by atoms with van der Waals surface area (Å²) in [6.45, 7) is 4.82. The number of nitrogens with one attached hydrogen (secondary N) is 1. The first-order chi connectivity index (χ1) is 12.3. The van der Waals surface area contributed by atoms with Crippen LogP contribution in [-0.2, 0) is 6.42 Å². The zero-order valence-electron chi connectivity index (χ0n) is 16.6. The van der Waals surface area contributed by atoms with Crippen molar-refractivity contribution in [2.75, 3.05) is 45.0 Å². The number of anilines is 2. The summed E-state index contributed by atoms with van der Waals surface area (Å²) < 4.78 is 5.76. The van der Waals surface area contributed by atoms with Crippen molar-refractivity contribution in [3.05, 3.63) is 41.4 Å². The van der Waals surface area contributed by atoms with Crippen molar-refractivity contribution in [1.82, 2.24) is 9.88 Å². The van der Waals surface area contributed by atoms with Gasteiger partial charge in [-0.15, -0.1) is 0 Å². The zero-order valence-corrected chi connectivity index (χ0v) is 16.6. The third-order valence-electron chi connectivity index (χ3n) is 4.23. The van der Waals surface area contributed by atoms with Crippen molar-refractivity contribution in [3.8, 4) is 6.07 Å². The Hall–Kier alpha value is -2.52. The molecule has 2 rings (SSSR count). The Balaban J connectivity index is 2.14. The summed E-state index contributed by atoms with van der Waals surface area (Å²) in [5.74, 6) is 1.49. The quantitative estimate of drug-likeness (QED) is 0.781. The smallest absolute Gasteiger partial charge is 0.232 e. The number of hydrogen-bond donors (Lipinski definition) is 1. The number of aromatic nitrogens is 1. The Morgan fingerprint density at radius 3 is 2.31 bits per heavy atom. The van der Waals surface area contributed by atoms with Crippen LogP contribution in [0, 0.1) is 17.2 Å². The summed E-state index contributed by atoms with van der Waals surface area (Å²) in [6.07, 6.45) is 0.722. The Morgan fingerprint density at radius 2 is 1.81 bits per heavy atom. The molecule has 0 unspecified atom stereocenters. The molecular formula is C20H29N5O. The van der Waals surface area contributed by atoms with Crippen molar-refractivity contribution >= 4 is 11.6 Å². The van der Waals surface area contributed by atoms with Crippen LogP contribution < -0.4 is 10.2 Å². The molecule has 0 saturated heterocycles. The Labute approximate surface area is 156 Å². The normalized spacial score (nSPS) is 12.3. The highest BCUT2D eigenvalue weighted by Crippen LogP contribution is 2.24. The molecule has 26 heavy (non-hydrogen) atoms. The first-order valence-electron chi connectivity index (χ1n) is 8.89. The van der Waals surface area contributed by atoms with Crippen LogP contribution in [0.4, 0.5) is 11.6 Å². The van der Waals surface area contributed by atoms with Crippen LogP contribution in [0.3, 0.4) is 0 Å². The summed E-state index contributed by atoms with van der Waals surface area (Å²) in [5, 5.41) is 12.6. The Kier molecular flexibility index (Phi) is 6.64. The largest absolute Gasteiger partial charge is 0.424 e. The molecule has 0 spiro atoms. The standard InChI is InChI=1S/C20H29N5O/c1-14(2)11-19-23-17(12-21)20(26-19)22-13-18(25(5)6)15-7-9-16(10-8-15)24(3)4/h7-10,14,18,22H,11,13H2,1-6H3/t18-/m1/s1. The minimum Gasteiger partial charge on any atom is -0.424 e. The average molecular weight is 355 g/mol. The second-order valence-electron chi connectivity index (χ2n) is 7.34. The van der Waals surface area contributed by atoms with Crippen LogP contribution >= 0.6 is 0 Å². The molecule has 0 bridgehead atoms. The van der Waals surface area contributed by atoms with Gasteiger partial charge in [0.1, 0.15) is 6.07 Å². The lowest BCUT2D eigenvalue weighted by molar-refractivity contribution is 0.310. The van der Waals surface area contributed by atoms with E-state index in [9.17, 15) is 5.26 Å². The molecule has 1 aromatic carbocycles. The van der Waals surface area contributed by atoms with E-state index in [0.717, 1.165) is 6.42 Å². The van der Waals surface area contributed by atoms with Crippen LogP contribution in [0.2, 0.25) is 0 Å². The molecule has 1 heterocycles. The molecule has 0 radical (unpaired) electrons. The summed E-state index contributed by atoms with van der Waals surface area (Å²) in [4.78, 5) is 8.51. The van der Waals surface area contributed by atoms with E-state index in [-0.39, 0.29) is 6.04 Å². The molecule has 0 fully saturated rings. The highest BCUT2D eigenvalue weighted by atomic mass is 16.4. The van der Waals surface area contributed by atoms with Crippen molar-refractivity contribution in [1.29, 1.82) is 5.26 Å². The molecule has 0 aliphatic rings. The molecule has 140 valence electrons. The summed E-state index contributed by atoms with van der Waals surface area (Å²) >= 11 is 0. The second-order valence-corrected chi connectivity index (χ2v) is 7.34. The topological polar surface area (TPSA) is 68.3 Å². The fraction of sp³-hybridized carbons (Fsp3) is 0.500. The maximum absolute atomic E-state index is 9.31. The van der Waals surface area contributed by atoms with Gasteiger partial charge < -0.3 is 19.5 Å². The van der Waals surface area contributed by atoms with E-state index in [0.29, 0.717) is 29.9 Å². The fourth-order valence-corrected chi connectivity index (χ4v) is 2.78. The summed E-state index contributed by atoms with van der Waals surface area (Å²) in [5.41, 5.74) is 2.69. The predicted octanol–water partition coefficient (Wildman–Crippen LogP) is 3.53. The second kappa shape index (κ2) is 8.72. The lowest BCUT2D eigenvalue weighted by atomic mass is 10.1. The molecule has 0 saturated carbocycles. The molecule has 6 nitrogen and oxygen atoms in total. The van der Waals surface area contributed by atoms with Crippen LogP contribution in [0.5, 0.6) is 0 Å². The number of nitrogens with zero attached hydrogens (tertiary/aromatic N) is 4. The maximum atomic E-state index is 9.31. The highest BCUT2D eigenvalue weighted by molar-refractivity contribution is 5.48. The lowest BCUT2D eigenvalue weighted by Gasteiger charge is -2.25.